The summed E-state index contributed by atoms with van der Waals surface area (Å²) in [4.78, 5) is 20.1. The van der Waals surface area contributed by atoms with Gasteiger partial charge in [0.1, 0.15) is 0 Å². The summed E-state index contributed by atoms with van der Waals surface area (Å²) >= 11 is 1.61. The van der Waals surface area contributed by atoms with Crippen LogP contribution < -0.4 is 10.2 Å². The van der Waals surface area contributed by atoms with Crippen molar-refractivity contribution in [2.45, 2.75) is 52.4 Å². The van der Waals surface area contributed by atoms with Crippen LogP contribution in [0.2, 0.25) is 0 Å². The molecule has 1 saturated heterocycles. The highest BCUT2D eigenvalue weighted by Crippen LogP contribution is 2.30. The molecule has 1 N–H and O–H groups in total. The second-order valence-corrected chi connectivity index (χ2v) is 8.50. The predicted molar refractivity (Wildman–Crippen MR) is 97.8 cm³/mol. The van der Waals surface area contributed by atoms with Crippen molar-refractivity contribution in [1.29, 1.82) is 0 Å². The fourth-order valence-electron chi connectivity index (χ4n) is 2.94. The van der Waals surface area contributed by atoms with Crippen molar-refractivity contribution >= 4 is 27.3 Å². The van der Waals surface area contributed by atoms with Crippen LogP contribution in [-0.2, 0) is 10.2 Å². The maximum absolute atomic E-state index is 12.2. The third-order valence-electron chi connectivity index (χ3n) is 4.41. The Morgan fingerprint density at radius 2 is 2.25 bits per heavy atom. The van der Waals surface area contributed by atoms with Gasteiger partial charge in [-0.25, -0.2) is 9.50 Å². The molecule has 132 valence electrons. The number of carbonyl (C=O) groups is 1. The Morgan fingerprint density at radius 1 is 1.46 bits per heavy atom. The Labute approximate surface area is 147 Å². The molecule has 1 aliphatic heterocycles. The van der Waals surface area contributed by atoms with Crippen molar-refractivity contribution in [3.05, 3.63) is 11.9 Å². The van der Waals surface area contributed by atoms with Crippen molar-refractivity contribution in [3.8, 4) is 0 Å². The van der Waals surface area contributed by atoms with Gasteiger partial charge in [0.15, 0.2) is 0 Å². The van der Waals surface area contributed by atoms with Crippen molar-refractivity contribution < 1.29 is 4.79 Å². The molecule has 0 aliphatic carbocycles. The van der Waals surface area contributed by atoms with Crippen LogP contribution in [0, 0.1) is 5.92 Å². The van der Waals surface area contributed by atoms with Crippen LogP contribution in [-0.4, -0.2) is 40.1 Å². The normalized spacial score (nSPS) is 19.0. The molecule has 0 spiro atoms. The van der Waals surface area contributed by atoms with E-state index in [0.29, 0.717) is 0 Å². The SMILES string of the molecule is CCCNC(=O)C1CCCN(c2nn3cc(C(C)(C)C)nc3s2)C1. The number of aromatic nitrogens is 3. The summed E-state index contributed by atoms with van der Waals surface area (Å²) in [6.07, 6.45) is 4.98. The standard InChI is InChI=1S/C17H27N5OS/c1-5-8-18-14(23)12-7-6-9-21(10-12)16-20-22-11-13(17(2,3)4)19-15(22)24-16/h11-12H,5-10H2,1-4H3,(H,18,23). The van der Waals surface area contributed by atoms with Gasteiger partial charge in [-0.3, -0.25) is 4.79 Å². The zero-order valence-electron chi connectivity index (χ0n) is 15.0. The fourth-order valence-corrected chi connectivity index (χ4v) is 3.85. The third-order valence-corrected chi connectivity index (χ3v) is 5.40. The highest BCUT2D eigenvalue weighted by molar-refractivity contribution is 7.20. The number of piperidine rings is 1. The van der Waals surface area contributed by atoms with Crippen LogP contribution in [0.5, 0.6) is 0 Å². The minimum Gasteiger partial charge on any atom is -0.356 e. The molecule has 1 aliphatic rings. The molecule has 1 amide bonds. The molecule has 0 radical (unpaired) electrons. The highest BCUT2D eigenvalue weighted by Gasteiger charge is 2.28. The average Bonchev–Trinajstić information content (AvgIpc) is 3.11. The Bertz CT molecular complexity index is 683. The second kappa shape index (κ2) is 6.70. The predicted octanol–water partition coefficient (Wildman–Crippen LogP) is 2.83. The molecule has 1 fully saturated rings. The zero-order valence-corrected chi connectivity index (χ0v) is 15.8. The molecule has 6 nitrogen and oxygen atoms in total. The van der Waals surface area contributed by atoms with E-state index < -0.39 is 0 Å². The molecule has 0 aromatic carbocycles. The van der Waals surface area contributed by atoms with Crippen LogP contribution >= 0.6 is 11.3 Å². The van der Waals surface area contributed by atoms with Crippen molar-refractivity contribution in [3.63, 3.8) is 0 Å². The number of fused-ring (bicyclic) bond motifs is 1. The quantitative estimate of drug-likeness (QED) is 0.922. The molecule has 3 rings (SSSR count). The van der Waals surface area contributed by atoms with Crippen LogP contribution in [0.15, 0.2) is 6.20 Å². The van der Waals surface area contributed by atoms with Crippen LogP contribution in [0.3, 0.4) is 0 Å². The van der Waals surface area contributed by atoms with Gasteiger partial charge in [-0.05, 0) is 19.3 Å². The lowest BCUT2D eigenvalue weighted by molar-refractivity contribution is -0.125. The highest BCUT2D eigenvalue weighted by atomic mass is 32.1. The summed E-state index contributed by atoms with van der Waals surface area (Å²) in [6.45, 7) is 11.0. The van der Waals surface area contributed by atoms with E-state index in [1.807, 2.05) is 10.7 Å². The molecule has 1 atom stereocenters. The maximum atomic E-state index is 12.2. The lowest BCUT2D eigenvalue weighted by Crippen LogP contribution is -2.43. The molecule has 3 heterocycles. The number of hydrogen-bond donors (Lipinski definition) is 1. The number of rotatable bonds is 4. The Morgan fingerprint density at radius 3 is 2.92 bits per heavy atom. The Balaban J connectivity index is 1.72. The molecule has 24 heavy (non-hydrogen) atoms. The monoisotopic (exact) mass is 349 g/mol. The van der Waals surface area contributed by atoms with Gasteiger partial charge in [-0.15, -0.1) is 5.10 Å². The van der Waals surface area contributed by atoms with E-state index in [-0.39, 0.29) is 17.2 Å². The summed E-state index contributed by atoms with van der Waals surface area (Å²) in [5.41, 5.74) is 1.09. The lowest BCUT2D eigenvalue weighted by atomic mass is 9.93. The van der Waals surface area contributed by atoms with E-state index >= 15 is 0 Å². The number of carbonyl (C=O) groups excluding carboxylic acids is 1. The minimum atomic E-state index is 0.0289. The third kappa shape index (κ3) is 3.55. The molecule has 7 heteroatoms. The van der Waals surface area contributed by atoms with Gasteiger partial charge in [0.05, 0.1) is 17.8 Å². The molecule has 2 aromatic rings. The van der Waals surface area contributed by atoms with Crippen molar-refractivity contribution in [2.24, 2.45) is 5.92 Å². The van der Waals surface area contributed by atoms with Crippen molar-refractivity contribution in [1.82, 2.24) is 19.9 Å². The van der Waals surface area contributed by atoms with Crippen LogP contribution in [0.1, 0.15) is 52.7 Å². The summed E-state index contributed by atoms with van der Waals surface area (Å²) < 4.78 is 1.88. The summed E-state index contributed by atoms with van der Waals surface area (Å²) in [7, 11) is 0. The smallest absolute Gasteiger partial charge is 0.224 e. The van der Waals surface area contributed by atoms with Crippen LogP contribution in [0.4, 0.5) is 5.13 Å². The summed E-state index contributed by atoms with van der Waals surface area (Å²) in [5, 5.41) is 8.68. The molecule has 0 bridgehead atoms. The Kier molecular flexibility index (Phi) is 4.80. The molecular weight excluding hydrogens is 322 g/mol. The van der Waals surface area contributed by atoms with E-state index in [2.05, 4.69) is 37.9 Å². The molecule has 1 unspecified atom stereocenters. The fraction of sp³-hybridized carbons (Fsp3) is 0.706. The van der Waals surface area contributed by atoms with E-state index in [1.54, 1.807) is 11.3 Å². The zero-order chi connectivity index (χ0) is 17.3. The number of hydrogen-bond acceptors (Lipinski definition) is 5. The minimum absolute atomic E-state index is 0.0289. The van der Waals surface area contributed by atoms with Crippen LogP contribution in [0.25, 0.3) is 4.96 Å². The number of nitrogens with zero attached hydrogens (tertiary/aromatic N) is 4. The van der Waals surface area contributed by atoms with Gasteiger partial charge in [-0.2, -0.15) is 0 Å². The number of nitrogens with one attached hydrogen (secondary N) is 1. The first kappa shape index (κ1) is 17.2. The summed E-state index contributed by atoms with van der Waals surface area (Å²) in [5.74, 6) is 0.240. The topological polar surface area (TPSA) is 62.5 Å². The second-order valence-electron chi connectivity index (χ2n) is 7.56. The van der Waals surface area contributed by atoms with E-state index in [4.69, 9.17) is 10.1 Å². The maximum Gasteiger partial charge on any atom is 0.224 e. The average molecular weight is 350 g/mol. The van der Waals surface area contributed by atoms with Gasteiger partial charge in [0.2, 0.25) is 16.0 Å². The summed E-state index contributed by atoms with van der Waals surface area (Å²) in [6, 6.07) is 0. The number of amides is 1. The van der Waals surface area contributed by atoms with E-state index in [9.17, 15) is 4.79 Å². The molecule has 0 saturated carbocycles. The van der Waals surface area contributed by atoms with Gasteiger partial charge in [0, 0.05) is 25.0 Å². The molecular formula is C17H27N5OS. The first-order valence-corrected chi connectivity index (χ1v) is 9.59. The number of anilines is 1. The first-order valence-electron chi connectivity index (χ1n) is 8.78. The van der Waals surface area contributed by atoms with Crippen molar-refractivity contribution in [2.75, 3.05) is 24.5 Å². The lowest BCUT2D eigenvalue weighted by Gasteiger charge is -2.31. The van der Waals surface area contributed by atoms with Gasteiger partial charge in [0.25, 0.3) is 0 Å². The van der Waals surface area contributed by atoms with E-state index in [0.717, 1.165) is 54.7 Å². The Hall–Kier alpha value is -1.63. The number of imidazole rings is 1. The van der Waals surface area contributed by atoms with Gasteiger partial charge >= 0.3 is 0 Å². The van der Waals surface area contributed by atoms with E-state index in [1.165, 1.54) is 0 Å². The largest absolute Gasteiger partial charge is 0.356 e. The van der Waals surface area contributed by atoms with Gasteiger partial charge in [-0.1, -0.05) is 39.0 Å². The molecule has 2 aromatic heterocycles. The van der Waals surface area contributed by atoms with Gasteiger partial charge < -0.3 is 10.2 Å². The first-order chi connectivity index (χ1) is 11.4.